The smallest absolute Gasteiger partial charge is 0.308 e. The molecule has 0 aliphatic heterocycles. The summed E-state index contributed by atoms with van der Waals surface area (Å²) >= 11 is 0. The lowest BCUT2D eigenvalue weighted by atomic mass is 9.82. The summed E-state index contributed by atoms with van der Waals surface area (Å²) in [4.78, 5) is 24.6. The third-order valence-electron chi connectivity index (χ3n) is 3.69. The number of ether oxygens (including phenoxy) is 1. The molecule has 0 unspecified atom stereocenters. The highest BCUT2D eigenvalue weighted by Crippen LogP contribution is 2.30. The summed E-state index contributed by atoms with van der Waals surface area (Å²) in [6.07, 6.45) is 5.08. The van der Waals surface area contributed by atoms with Crippen molar-refractivity contribution in [3.63, 3.8) is 0 Å². The number of rotatable bonds is 4. The number of carbonyl (C=O) groups excluding carboxylic acids is 2. The minimum absolute atomic E-state index is 0.0728. The van der Waals surface area contributed by atoms with Crippen LogP contribution in [0.15, 0.2) is 0 Å². The van der Waals surface area contributed by atoms with Crippen LogP contribution in [0.1, 0.15) is 87.5 Å². The van der Waals surface area contributed by atoms with Crippen molar-refractivity contribution in [1.82, 2.24) is 4.90 Å². The van der Waals surface area contributed by atoms with Crippen molar-refractivity contribution in [1.29, 1.82) is 0 Å². The fourth-order valence-electron chi connectivity index (χ4n) is 2.54. The van der Waals surface area contributed by atoms with E-state index in [1.54, 1.807) is 6.92 Å². The van der Waals surface area contributed by atoms with E-state index in [2.05, 4.69) is 13.8 Å². The Kier molecular flexibility index (Phi) is 23.1. The van der Waals surface area contributed by atoms with Gasteiger partial charge in [-0.1, -0.05) is 48.0 Å². The molecule has 24 heavy (non-hydrogen) atoms. The first-order valence-electron chi connectivity index (χ1n) is 9.83. The Morgan fingerprint density at radius 2 is 1.38 bits per heavy atom. The summed E-state index contributed by atoms with van der Waals surface area (Å²) in [7, 11) is 1.45. The van der Waals surface area contributed by atoms with Gasteiger partial charge in [0.05, 0.1) is 13.0 Å². The molecule has 4 nitrogen and oxygen atoms in total. The highest BCUT2D eigenvalue weighted by Gasteiger charge is 2.27. The molecule has 0 bridgehead atoms. The van der Waals surface area contributed by atoms with Crippen LogP contribution in [0.2, 0.25) is 0 Å². The number of carbonyl (C=O) groups is 2. The van der Waals surface area contributed by atoms with Gasteiger partial charge in [0.2, 0.25) is 5.91 Å². The summed E-state index contributed by atoms with van der Waals surface area (Å²) in [5.41, 5.74) is 0. The zero-order chi connectivity index (χ0) is 19.5. The van der Waals surface area contributed by atoms with Crippen molar-refractivity contribution >= 4 is 11.9 Å². The molecule has 0 N–H and O–H groups in total. The average Bonchev–Trinajstić information content (AvgIpc) is 2.63. The number of amides is 1. The summed E-state index contributed by atoms with van der Waals surface area (Å²) in [5.74, 6) is 0.674. The van der Waals surface area contributed by atoms with Gasteiger partial charge in [-0.05, 0) is 38.5 Å². The van der Waals surface area contributed by atoms with Crippen LogP contribution in [0.4, 0.5) is 0 Å². The second-order valence-electron chi connectivity index (χ2n) is 5.51. The summed E-state index contributed by atoms with van der Waals surface area (Å²) in [6.45, 7) is 17.5. The molecule has 0 atom stereocenters. The fraction of sp³-hybridized carbons (Fsp3) is 0.900. The van der Waals surface area contributed by atoms with Crippen LogP contribution >= 0.6 is 0 Å². The Hall–Kier alpha value is -1.06. The minimum Gasteiger partial charge on any atom is -0.469 e. The van der Waals surface area contributed by atoms with E-state index < -0.39 is 0 Å². The average molecular weight is 346 g/mol. The predicted octanol–water partition coefficient (Wildman–Crippen LogP) is 5.30. The normalized spacial score (nSPS) is 18.4. The molecule has 1 saturated carbocycles. The van der Waals surface area contributed by atoms with Crippen molar-refractivity contribution in [2.75, 3.05) is 20.2 Å². The molecule has 4 heteroatoms. The SMILES string of the molecule is CC.CC.CCC.CCN(CC1CCC(C(=O)OC)CC1)C(C)=O. The van der Waals surface area contributed by atoms with Gasteiger partial charge in [0.25, 0.3) is 0 Å². The van der Waals surface area contributed by atoms with E-state index in [0.29, 0.717) is 5.92 Å². The molecule has 1 aliphatic carbocycles. The van der Waals surface area contributed by atoms with E-state index in [0.717, 1.165) is 38.8 Å². The van der Waals surface area contributed by atoms with Gasteiger partial charge >= 0.3 is 5.97 Å². The lowest BCUT2D eigenvalue weighted by molar-refractivity contribution is -0.147. The van der Waals surface area contributed by atoms with Crippen LogP contribution in [-0.2, 0) is 14.3 Å². The highest BCUT2D eigenvalue weighted by molar-refractivity contribution is 5.73. The third-order valence-corrected chi connectivity index (χ3v) is 3.69. The Labute approximate surface area is 151 Å². The maximum Gasteiger partial charge on any atom is 0.308 e. The Morgan fingerprint density at radius 3 is 1.67 bits per heavy atom. The van der Waals surface area contributed by atoms with Crippen LogP contribution in [0.5, 0.6) is 0 Å². The number of hydrogen-bond acceptors (Lipinski definition) is 3. The van der Waals surface area contributed by atoms with E-state index in [1.807, 2.05) is 39.5 Å². The van der Waals surface area contributed by atoms with Gasteiger partial charge in [-0.3, -0.25) is 9.59 Å². The van der Waals surface area contributed by atoms with E-state index >= 15 is 0 Å². The van der Waals surface area contributed by atoms with Gasteiger partial charge < -0.3 is 9.64 Å². The van der Waals surface area contributed by atoms with Gasteiger partial charge in [0.1, 0.15) is 0 Å². The highest BCUT2D eigenvalue weighted by atomic mass is 16.5. The lowest BCUT2D eigenvalue weighted by Crippen LogP contribution is -2.35. The second kappa shape index (κ2) is 20.0. The molecule has 1 rings (SSSR count). The van der Waals surface area contributed by atoms with Crippen LogP contribution in [-0.4, -0.2) is 37.0 Å². The van der Waals surface area contributed by atoms with Gasteiger partial charge in [0.15, 0.2) is 0 Å². The zero-order valence-electron chi connectivity index (χ0n) is 17.8. The van der Waals surface area contributed by atoms with Crippen LogP contribution in [0.25, 0.3) is 0 Å². The zero-order valence-corrected chi connectivity index (χ0v) is 17.8. The van der Waals surface area contributed by atoms with Gasteiger partial charge in [0, 0.05) is 20.0 Å². The van der Waals surface area contributed by atoms with E-state index in [-0.39, 0.29) is 17.8 Å². The van der Waals surface area contributed by atoms with Gasteiger partial charge in [-0.2, -0.15) is 0 Å². The van der Waals surface area contributed by atoms with Crippen molar-refractivity contribution in [2.24, 2.45) is 11.8 Å². The van der Waals surface area contributed by atoms with E-state index in [4.69, 9.17) is 4.74 Å². The van der Waals surface area contributed by atoms with Crippen molar-refractivity contribution in [3.05, 3.63) is 0 Å². The topological polar surface area (TPSA) is 46.6 Å². The first-order chi connectivity index (χ1) is 11.5. The number of esters is 1. The van der Waals surface area contributed by atoms with E-state index in [1.165, 1.54) is 13.5 Å². The Bertz CT molecular complexity index is 285. The Morgan fingerprint density at radius 1 is 0.958 bits per heavy atom. The number of nitrogens with zero attached hydrogens (tertiary/aromatic N) is 1. The first-order valence-corrected chi connectivity index (χ1v) is 9.83. The molecule has 0 aromatic heterocycles. The monoisotopic (exact) mass is 345 g/mol. The summed E-state index contributed by atoms with van der Waals surface area (Å²) < 4.78 is 4.76. The van der Waals surface area contributed by atoms with Crippen LogP contribution in [0.3, 0.4) is 0 Å². The molecular formula is C20H43NO3. The maximum atomic E-state index is 11.4. The number of methoxy groups -OCH3 is 1. The quantitative estimate of drug-likeness (QED) is 0.649. The molecule has 0 aromatic carbocycles. The molecule has 1 fully saturated rings. The fourth-order valence-corrected chi connectivity index (χ4v) is 2.54. The second-order valence-corrected chi connectivity index (χ2v) is 5.51. The first kappa shape index (κ1) is 27.8. The number of hydrogen-bond donors (Lipinski definition) is 0. The summed E-state index contributed by atoms with van der Waals surface area (Å²) in [6, 6.07) is 0. The molecule has 146 valence electrons. The maximum absolute atomic E-state index is 11.4. The standard InChI is InChI=1S/C13H23NO3.C3H8.2C2H6/c1-4-14(10(2)15)9-11-5-7-12(8-6-11)13(16)17-3;1-3-2;2*1-2/h11-12H,4-9H2,1-3H3;3H2,1-2H3;2*1-2H3. The predicted molar refractivity (Wildman–Crippen MR) is 104 cm³/mol. The van der Waals surface area contributed by atoms with Crippen LogP contribution in [0, 0.1) is 11.8 Å². The Balaban J connectivity index is -0.000000549. The van der Waals surface area contributed by atoms with Crippen molar-refractivity contribution in [2.45, 2.75) is 87.5 Å². The molecule has 1 amide bonds. The molecule has 1 aliphatic rings. The summed E-state index contributed by atoms with van der Waals surface area (Å²) in [5, 5.41) is 0. The largest absolute Gasteiger partial charge is 0.469 e. The molecule has 0 saturated heterocycles. The molecular weight excluding hydrogens is 302 g/mol. The van der Waals surface area contributed by atoms with E-state index in [9.17, 15) is 9.59 Å². The van der Waals surface area contributed by atoms with Gasteiger partial charge in [-0.25, -0.2) is 0 Å². The molecule has 0 heterocycles. The molecule has 0 aromatic rings. The van der Waals surface area contributed by atoms with Gasteiger partial charge in [-0.15, -0.1) is 0 Å². The molecule has 0 radical (unpaired) electrons. The van der Waals surface area contributed by atoms with Crippen LogP contribution < -0.4 is 0 Å². The lowest BCUT2D eigenvalue weighted by Gasteiger charge is -2.31. The molecule has 0 spiro atoms. The van der Waals surface area contributed by atoms with Crippen molar-refractivity contribution in [3.8, 4) is 0 Å². The van der Waals surface area contributed by atoms with Crippen molar-refractivity contribution < 1.29 is 14.3 Å². The minimum atomic E-state index is -0.0811. The third kappa shape index (κ3) is 13.4.